The molecule has 0 saturated carbocycles. The molecular weight excluding hydrogens is 136 g/mol. The van der Waals surface area contributed by atoms with Gasteiger partial charge in [-0.2, -0.15) is 0 Å². The number of thiol groups is 1. The zero-order valence-corrected chi connectivity index (χ0v) is 6.85. The molecule has 0 radical (unpaired) electrons. The zero-order valence-electron chi connectivity index (χ0n) is 5.96. The molecule has 0 atom stereocenters. The second-order valence-corrected chi connectivity index (χ2v) is 2.38. The largest absolute Gasteiger partial charge is 0.330 e. The fraction of sp³-hybridized carbons (Fsp3) is 0.800. The summed E-state index contributed by atoms with van der Waals surface area (Å²) in [6, 6.07) is -0.0826. The van der Waals surface area contributed by atoms with E-state index in [0.717, 1.165) is 0 Å². The highest BCUT2D eigenvalue weighted by Gasteiger charge is 2.07. The molecule has 0 aromatic rings. The summed E-state index contributed by atoms with van der Waals surface area (Å²) in [4.78, 5) is 12.3. The predicted octanol–water partition coefficient (Wildman–Crippen LogP) is 0.835. The minimum Gasteiger partial charge on any atom is -0.330 e. The molecule has 3 nitrogen and oxygen atoms in total. The van der Waals surface area contributed by atoms with Crippen LogP contribution in [0.5, 0.6) is 0 Å². The molecule has 0 bridgehead atoms. The van der Waals surface area contributed by atoms with E-state index in [9.17, 15) is 4.79 Å². The van der Waals surface area contributed by atoms with E-state index >= 15 is 0 Å². The number of amides is 2. The van der Waals surface area contributed by atoms with Crippen molar-refractivity contribution in [3.8, 4) is 0 Å². The summed E-state index contributed by atoms with van der Waals surface area (Å²) < 4.78 is 1.35. The Balaban J connectivity index is 3.73. The summed E-state index contributed by atoms with van der Waals surface area (Å²) in [5, 5.41) is 0. The van der Waals surface area contributed by atoms with Crippen molar-refractivity contribution in [2.45, 2.75) is 6.92 Å². The summed E-state index contributed by atoms with van der Waals surface area (Å²) in [6.45, 7) is 2.49. The van der Waals surface area contributed by atoms with Gasteiger partial charge in [-0.3, -0.25) is 4.31 Å². The summed E-state index contributed by atoms with van der Waals surface area (Å²) >= 11 is 3.91. The molecule has 54 valence electrons. The third-order valence-corrected chi connectivity index (χ3v) is 1.36. The summed E-state index contributed by atoms with van der Waals surface area (Å²) in [7, 11) is 3.39. The standard InChI is InChI=1S/C5H12N2OS/c1-4-7(9)5(8)6(2)3/h9H,4H2,1-3H3. The zero-order chi connectivity index (χ0) is 7.44. The lowest BCUT2D eigenvalue weighted by atomic mass is 10.7. The van der Waals surface area contributed by atoms with Crippen LogP contribution in [0.2, 0.25) is 0 Å². The first kappa shape index (κ1) is 8.62. The molecule has 0 spiro atoms. The van der Waals surface area contributed by atoms with Gasteiger partial charge in [0.15, 0.2) is 0 Å². The lowest BCUT2D eigenvalue weighted by Crippen LogP contribution is -2.32. The van der Waals surface area contributed by atoms with Crippen LogP contribution in [0.4, 0.5) is 4.79 Å². The van der Waals surface area contributed by atoms with Crippen molar-refractivity contribution >= 4 is 18.8 Å². The number of rotatable bonds is 1. The van der Waals surface area contributed by atoms with Crippen LogP contribution < -0.4 is 0 Å². The van der Waals surface area contributed by atoms with E-state index in [4.69, 9.17) is 0 Å². The van der Waals surface area contributed by atoms with E-state index in [0.29, 0.717) is 6.54 Å². The normalized spacial score (nSPS) is 8.89. The lowest BCUT2D eigenvalue weighted by Gasteiger charge is -2.17. The summed E-state index contributed by atoms with van der Waals surface area (Å²) in [5.41, 5.74) is 0. The number of carbonyl (C=O) groups is 1. The number of hydrogen-bond acceptors (Lipinski definition) is 2. The molecular formula is C5H12N2OS. The van der Waals surface area contributed by atoms with Crippen LogP contribution in [0.25, 0.3) is 0 Å². The van der Waals surface area contributed by atoms with Crippen molar-refractivity contribution in [3.05, 3.63) is 0 Å². The van der Waals surface area contributed by atoms with Crippen LogP contribution in [0.15, 0.2) is 0 Å². The van der Waals surface area contributed by atoms with E-state index in [-0.39, 0.29) is 6.03 Å². The van der Waals surface area contributed by atoms with Crippen LogP contribution >= 0.6 is 12.8 Å². The quantitative estimate of drug-likeness (QED) is 0.547. The van der Waals surface area contributed by atoms with Crippen molar-refractivity contribution < 1.29 is 4.79 Å². The molecule has 0 aromatic heterocycles. The number of urea groups is 1. The molecule has 0 aliphatic carbocycles. The van der Waals surface area contributed by atoms with Gasteiger partial charge in [-0.05, 0) is 6.92 Å². The first-order valence-electron chi connectivity index (χ1n) is 2.77. The molecule has 2 amide bonds. The SMILES string of the molecule is CCN(S)C(=O)N(C)C. The van der Waals surface area contributed by atoms with E-state index in [1.54, 1.807) is 14.1 Å². The van der Waals surface area contributed by atoms with E-state index in [2.05, 4.69) is 12.8 Å². The van der Waals surface area contributed by atoms with Gasteiger partial charge in [0.05, 0.1) is 0 Å². The first-order chi connectivity index (χ1) is 4.09. The van der Waals surface area contributed by atoms with E-state index < -0.39 is 0 Å². The fourth-order valence-corrected chi connectivity index (χ4v) is 0.545. The van der Waals surface area contributed by atoms with Gasteiger partial charge in [-0.1, -0.05) is 12.8 Å². The third kappa shape index (κ3) is 2.60. The molecule has 9 heavy (non-hydrogen) atoms. The van der Waals surface area contributed by atoms with Crippen LogP contribution in [0.3, 0.4) is 0 Å². The fourth-order valence-electron chi connectivity index (χ4n) is 0.366. The minimum absolute atomic E-state index is 0.0826. The monoisotopic (exact) mass is 148 g/mol. The Hall–Kier alpha value is -0.380. The van der Waals surface area contributed by atoms with Crippen molar-refractivity contribution in [2.75, 3.05) is 20.6 Å². The molecule has 0 aliphatic heterocycles. The summed E-state index contributed by atoms with van der Waals surface area (Å²) in [6.07, 6.45) is 0. The topological polar surface area (TPSA) is 23.6 Å². The molecule has 0 unspecified atom stereocenters. The number of carbonyl (C=O) groups excluding carboxylic acids is 1. The second kappa shape index (κ2) is 3.61. The van der Waals surface area contributed by atoms with Gasteiger partial charge in [0.1, 0.15) is 0 Å². The molecule has 4 heteroatoms. The highest BCUT2D eigenvalue weighted by atomic mass is 32.1. The number of nitrogens with zero attached hydrogens (tertiary/aromatic N) is 2. The molecule has 0 aliphatic rings. The van der Waals surface area contributed by atoms with Gasteiger partial charge in [0.2, 0.25) is 0 Å². The Morgan fingerprint density at radius 3 is 2.11 bits per heavy atom. The average molecular weight is 148 g/mol. The first-order valence-corrected chi connectivity index (χ1v) is 3.17. The molecule has 0 heterocycles. The van der Waals surface area contributed by atoms with Crippen molar-refractivity contribution in [3.63, 3.8) is 0 Å². The van der Waals surface area contributed by atoms with Gasteiger partial charge >= 0.3 is 6.03 Å². The average Bonchev–Trinajstić information content (AvgIpc) is 1.84. The predicted molar refractivity (Wildman–Crippen MR) is 40.4 cm³/mol. The van der Waals surface area contributed by atoms with Crippen molar-refractivity contribution in [1.29, 1.82) is 0 Å². The molecule has 0 fully saturated rings. The van der Waals surface area contributed by atoms with Crippen molar-refractivity contribution in [1.82, 2.24) is 9.21 Å². The van der Waals surface area contributed by atoms with Gasteiger partial charge in [0.25, 0.3) is 0 Å². The van der Waals surface area contributed by atoms with Crippen LogP contribution in [0.1, 0.15) is 6.92 Å². The Bertz CT molecular complexity index is 105. The summed E-state index contributed by atoms with van der Waals surface area (Å²) in [5.74, 6) is 0. The Morgan fingerprint density at radius 1 is 1.56 bits per heavy atom. The Labute approximate surface area is 61.2 Å². The van der Waals surface area contributed by atoms with Gasteiger partial charge < -0.3 is 4.90 Å². The van der Waals surface area contributed by atoms with Crippen LogP contribution in [-0.2, 0) is 0 Å². The van der Waals surface area contributed by atoms with E-state index in [1.807, 2.05) is 6.92 Å². The van der Waals surface area contributed by atoms with Crippen LogP contribution in [0, 0.1) is 0 Å². The van der Waals surface area contributed by atoms with Crippen molar-refractivity contribution in [2.24, 2.45) is 0 Å². The van der Waals surface area contributed by atoms with Gasteiger partial charge in [-0.15, -0.1) is 0 Å². The van der Waals surface area contributed by atoms with Gasteiger partial charge in [-0.25, -0.2) is 4.79 Å². The highest BCUT2D eigenvalue weighted by Crippen LogP contribution is 1.95. The molecule has 0 N–H and O–H groups in total. The number of hydrogen-bond donors (Lipinski definition) is 1. The van der Waals surface area contributed by atoms with Gasteiger partial charge in [0, 0.05) is 20.6 Å². The second-order valence-electron chi connectivity index (χ2n) is 1.89. The third-order valence-electron chi connectivity index (χ3n) is 0.903. The Morgan fingerprint density at radius 2 is 2.00 bits per heavy atom. The maximum Gasteiger partial charge on any atom is 0.329 e. The molecule has 0 rings (SSSR count). The van der Waals surface area contributed by atoms with E-state index in [1.165, 1.54) is 9.21 Å². The maximum atomic E-state index is 10.8. The maximum absolute atomic E-state index is 10.8. The minimum atomic E-state index is -0.0826. The highest BCUT2D eigenvalue weighted by molar-refractivity contribution is 7.78. The van der Waals surface area contributed by atoms with Crippen LogP contribution in [-0.4, -0.2) is 35.9 Å². The Kier molecular flexibility index (Phi) is 3.46. The lowest BCUT2D eigenvalue weighted by molar-refractivity contribution is 0.202. The molecule has 0 aromatic carbocycles. The molecule has 0 saturated heterocycles. The smallest absolute Gasteiger partial charge is 0.329 e.